The van der Waals surface area contributed by atoms with Gasteiger partial charge in [0.25, 0.3) is 0 Å². The highest BCUT2D eigenvalue weighted by Gasteiger charge is 2.26. The zero-order valence-corrected chi connectivity index (χ0v) is 15.9. The van der Waals surface area contributed by atoms with Crippen molar-refractivity contribution in [2.24, 2.45) is 5.41 Å². The minimum Gasteiger partial charge on any atom is -0.463 e. The number of nitrogens with one attached hydrogen (secondary N) is 1. The number of hydrogen-bond acceptors (Lipinski definition) is 3. The first-order valence-electron chi connectivity index (χ1n) is 9.47. The maximum absolute atomic E-state index is 6.04. The van der Waals surface area contributed by atoms with Crippen LogP contribution in [0.2, 0.25) is 0 Å². The van der Waals surface area contributed by atoms with Crippen LogP contribution in [0.15, 0.2) is 55.3 Å². The highest BCUT2D eigenvalue weighted by atomic mass is 16.5. The van der Waals surface area contributed by atoms with Crippen molar-refractivity contribution in [3.8, 4) is 16.9 Å². The van der Waals surface area contributed by atoms with E-state index in [0.29, 0.717) is 22.9 Å². The Hall–Kier alpha value is -2.26. The third kappa shape index (κ3) is 4.67. The number of nitrogen functional groups attached to an aromatic ring is 1. The lowest BCUT2D eigenvalue weighted by atomic mass is 9.75. The van der Waals surface area contributed by atoms with Crippen molar-refractivity contribution in [1.29, 1.82) is 0 Å². The standard InChI is InChI=1S/C23H30N2O/c1-4-26-22-10-9-19(15-21(22)24)18-7-5-17(6-8-18)16-25-20-11-13-23(2,3)14-12-20/h4-10,15,20,25H,1,11-14,16,24H2,2-3H3. The second-order valence-corrected chi connectivity index (χ2v) is 8.05. The Morgan fingerprint density at radius 2 is 1.77 bits per heavy atom. The van der Waals surface area contributed by atoms with E-state index in [0.717, 1.165) is 17.7 Å². The molecule has 2 aromatic carbocycles. The lowest BCUT2D eigenvalue weighted by molar-refractivity contribution is 0.206. The number of ether oxygens (including phenoxy) is 1. The van der Waals surface area contributed by atoms with E-state index in [1.807, 2.05) is 18.2 Å². The van der Waals surface area contributed by atoms with Crippen LogP contribution in [0, 0.1) is 5.41 Å². The molecule has 3 heteroatoms. The number of nitrogens with two attached hydrogens (primary N) is 1. The topological polar surface area (TPSA) is 47.3 Å². The maximum atomic E-state index is 6.04. The van der Waals surface area contributed by atoms with Gasteiger partial charge in [-0.1, -0.05) is 50.8 Å². The fourth-order valence-electron chi connectivity index (χ4n) is 3.61. The van der Waals surface area contributed by atoms with Crippen molar-refractivity contribution in [1.82, 2.24) is 5.32 Å². The Morgan fingerprint density at radius 1 is 1.12 bits per heavy atom. The molecule has 0 bridgehead atoms. The van der Waals surface area contributed by atoms with Crippen molar-refractivity contribution in [3.63, 3.8) is 0 Å². The van der Waals surface area contributed by atoms with Gasteiger partial charge in [-0.05, 0) is 59.9 Å². The minimum absolute atomic E-state index is 0.522. The van der Waals surface area contributed by atoms with Crippen molar-refractivity contribution in [2.75, 3.05) is 5.73 Å². The van der Waals surface area contributed by atoms with E-state index in [2.05, 4.69) is 50.0 Å². The fraction of sp³-hybridized carbons (Fsp3) is 0.391. The van der Waals surface area contributed by atoms with Gasteiger partial charge in [0.1, 0.15) is 5.75 Å². The molecule has 0 atom stereocenters. The van der Waals surface area contributed by atoms with E-state index in [1.165, 1.54) is 37.5 Å². The van der Waals surface area contributed by atoms with Gasteiger partial charge in [0.15, 0.2) is 0 Å². The Bertz CT molecular complexity index is 739. The molecule has 2 aromatic rings. The van der Waals surface area contributed by atoms with Crippen molar-refractivity contribution >= 4 is 5.69 Å². The van der Waals surface area contributed by atoms with E-state index >= 15 is 0 Å². The van der Waals surface area contributed by atoms with Crippen LogP contribution in [0.4, 0.5) is 5.69 Å². The molecule has 3 rings (SSSR count). The van der Waals surface area contributed by atoms with Crippen LogP contribution in [0.3, 0.4) is 0 Å². The van der Waals surface area contributed by atoms with E-state index in [4.69, 9.17) is 10.5 Å². The molecule has 0 aromatic heterocycles. The zero-order chi connectivity index (χ0) is 18.6. The lowest BCUT2D eigenvalue weighted by Crippen LogP contribution is -2.35. The Morgan fingerprint density at radius 3 is 2.38 bits per heavy atom. The molecule has 0 saturated heterocycles. The molecule has 1 fully saturated rings. The van der Waals surface area contributed by atoms with E-state index in [9.17, 15) is 0 Å². The van der Waals surface area contributed by atoms with Gasteiger partial charge in [0.2, 0.25) is 0 Å². The summed E-state index contributed by atoms with van der Waals surface area (Å²) in [6, 6.07) is 15.2. The van der Waals surface area contributed by atoms with Crippen LogP contribution >= 0.6 is 0 Å². The van der Waals surface area contributed by atoms with Gasteiger partial charge in [-0.3, -0.25) is 0 Å². The van der Waals surface area contributed by atoms with Crippen LogP contribution in [0.1, 0.15) is 45.1 Å². The second-order valence-electron chi connectivity index (χ2n) is 8.05. The molecule has 1 aliphatic carbocycles. The van der Waals surface area contributed by atoms with E-state index in [-0.39, 0.29) is 0 Å². The second kappa shape index (κ2) is 7.96. The SMILES string of the molecule is C=COc1ccc(-c2ccc(CNC3CCC(C)(C)CC3)cc2)cc1N. The molecule has 26 heavy (non-hydrogen) atoms. The smallest absolute Gasteiger partial charge is 0.149 e. The summed E-state index contributed by atoms with van der Waals surface area (Å²) in [5.41, 5.74) is 10.7. The Kier molecular flexibility index (Phi) is 5.67. The highest BCUT2D eigenvalue weighted by Crippen LogP contribution is 2.35. The molecule has 3 N–H and O–H groups in total. The van der Waals surface area contributed by atoms with Gasteiger partial charge in [-0.15, -0.1) is 0 Å². The predicted molar refractivity (Wildman–Crippen MR) is 110 cm³/mol. The molecular formula is C23H30N2O. The van der Waals surface area contributed by atoms with Crippen molar-refractivity contribution in [2.45, 2.75) is 52.1 Å². The lowest BCUT2D eigenvalue weighted by Gasteiger charge is -2.34. The summed E-state index contributed by atoms with van der Waals surface area (Å²) >= 11 is 0. The summed E-state index contributed by atoms with van der Waals surface area (Å²) in [5.74, 6) is 0.639. The number of benzene rings is 2. The minimum atomic E-state index is 0.522. The van der Waals surface area contributed by atoms with Crippen LogP contribution in [-0.2, 0) is 6.54 Å². The molecule has 0 unspecified atom stereocenters. The van der Waals surface area contributed by atoms with E-state index in [1.54, 1.807) is 0 Å². The summed E-state index contributed by atoms with van der Waals surface area (Å²) in [4.78, 5) is 0. The molecule has 138 valence electrons. The molecule has 0 heterocycles. The summed E-state index contributed by atoms with van der Waals surface area (Å²) in [6.45, 7) is 9.25. The summed E-state index contributed by atoms with van der Waals surface area (Å²) < 4.78 is 5.28. The first-order chi connectivity index (χ1) is 12.5. The molecular weight excluding hydrogens is 320 g/mol. The Labute approximate surface area is 157 Å². The van der Waals surface area contributed by atoms with Gasteiger partial charge < -0.3 is 15.8 Å². The fourth-order valence-corrected chi connectivity index (χ4v) is 3.61. The quantitative estimate of drug-likeness (QED) is 0.533. The molecule has 1 aliphatic rings. The number of rotatable bonds is 6. The highest BCUT2D eigenvalue weighted by molar-refractivity contribution is 5.70. The van der Waals surface area contributed by atoms with E-state index < -0.39 is 0 Å². The molecule has 0 aliphatic heterocycles. The monoisotopic (exact) mass is 350 g/mol. The number of anilines is 1. The average Bonchev–Trinajstić information content (AvgIpc) is 2.63. The van der Waals surface area contributed by atoms with Gasteiger partial charge in [-0.2, -0.15) is 0 Å². The normalized spacial score (nSPS) is 17.0. The van der Waals surface area contributed by atoms with Gasteiger partial charge in [-0.25, -0.2) is 0 Å². The van der Waals surface area contributed by atoms with Crippen molar-refractivity contribution < 1.29 is 4.74 Å². The summed E-state index contributed by atoms with van der Waals surface area (Å²) in [7, 11) is 0. The largest absolute Gasteiger partial charge is 0.463 e. The maximum Gasteiger partial charge on any atom is 0.149 e. The third-order valence-corrected chi connectivity index (χ3v) is 5.44. The number of hydrogen-bond donors (Lipinski definition) is 2. The third-order valence-electron chi connectivity index (χ3n) is 5.44. The predicted octanol–water partition coefficient (Wildman–Crippen LogP) is 5.52. The molecule has 0 spiro atoms. The summed E-state index contributed by atoms with van der Waals surface area (Å²) in [5, 5.41) is 3.72. The van der Waals surface area contributed by atoms with Crippen molar-refractivity contribution in [3.05, 3.63) is 60.9 Å². The molecule has 0 amide bonds. The van der Waals surface area contributed by atoms with Crippen LogP contribution in [-0.4, -0.2) is 6.04 Å². The first kappa shape index (κ1) is 18.5. The van der Waals surface area contributed by atoms with Gasteiger partial charge >= 0.3 is 0 Å². The van der Waals surface area contributed by atoms with Crippen LogP contribution < -0.4 is 15.8 Å². The molecule has 0 radical (unpaired) electrons. The zero-order valence-electron chi connectivity index (χ0n) is 15.9. The molecule has 3 nitrogen and oxygen atoms in total. The van der Waals surface area contributed by atoms with Crippen LogP contribution in [0.5, 0.6) is 5.75 Å². The average molecular weight is 351 g/mol. The van der Waals surface area contributed by atoms with Gasteiger partial charge in [0, 0.05) is 12.6 Å². The molecule has 1 saturated carbocycles. The van der Waals surface area contributed by atoms with Gasteiger partial charge in [0.05, 0.1) is 11.9 Å². The summed E-state index contributed by atoms with van der Waals surface area (Å²) in [6.07, 6.45) is 6.58. The Balaban J connectivity index is 1.58. The first-order valence-corrected chi connectivity index (χ1v) is 9.47. The van der Waals surface area contributed by atoms with Crippen LogP contribution in [0.25, 0.3) is 11.1 Å².